The van der Waals surface area contributed by atoms with E-state index in [1.807, 2.05) is 6.08 Å². The molecule has 5 rings (SSSR count). The van der Waals surface area contributed by atoms with Crippen molar-refractivity contribution in [3.63, 3.8) is 0 Å². The maximum atomic E-state index is 13.1. The number of carbonyl (C=O) groups is 1. The molecular weight excluding hydrogens is 406 g/mol. The lowest BCUT2D eigenvalue weighted by molar-refractivity contribution is -0.198. The second kappa shape index (κ2) is 8.01. The van der Waals surface area contributed by atoms with E-state index < -0.39 is 23.6 Å². The van der Waals surface area contributed by atoms with Crippen LogP contribution in [0.1, 0.15) is 61.6 Å². The van der Waals surface area contributed by atoms with Crippen molar-refractivity contribution in [2.45, 2.75) is 95.0 Å². The highest BCUT2D eigenvalue weighted by Gasteiger charge is 2.62. The smallest absolute Gasteiger partial charge is 0.415 e. The molecule has 6 heteroatoms. The summed E-state index contributed by atoms with van der Waals surface area (Å²) in [6.45, 7) is 8.38. The zero-order chi connectivity index (χ0) is 22.5. The third-order valence-electron chi connectivity index (χ3n) is 7.31. The molecule has 4 fully saturated rings. The number of aliphatic hydroxyl groups excluding tert-OH is 1. The summed E-state index contributed by atoms with van der Waals surface area (Å²) in [4.78, 5) is 14.8. The number of rotatable bonds is 3. The number of allylic oxidation sites excluding steroid dienone is 2. The van der Waals surface area contributed by atoms with Crippen LogP contribution in [0.2, 0.25) is 0 Å². The standard InChI is InChI=1S/C26H33NO5/c1-4-8-22-25(32-24(29)27(22)16-19-12-17(2)11-18(3)13-19)14-20(28)23-21(15-25)30-26(31-23)9-6-5-7-10-26/h4,8,11-13,20-21,23,28H,1,5-7,9-10,14-16H2,2-3H3/b22-8-/t20-,21-,23?,25-/m1/s1. The lowest BCUT2D eigenvalue weighted by Gasteiger charge is -2.40. The second-order valence-electron chi connectivity index (χ2n) is 9.92. The van der Waals surface area contributed by atoms with Crippen LogP contribution in [-0.2, 0) is 20.8 Å². The van der Waals surface area contributed by atoms with Crippen LogP contribution in [0.15, 0.2) is 42.6 Å². The SMILES string of the molecule is C=C/C=C1\N(Cc2cc(C)cc(C)c2)C(=O)O[C@@]12C[C@@H](O)C1OC3(CCCCC3)O[C@@H]1C2. The van der Waals surface area contributed by atoms with Gasteiger partial charge in [0, 0.05) is 25.7 Å². The molecule has 1 aromatic rings. The van der Waals surface area contributed by atoms with Crippen LogP contribution in [0, 0.1) is 13.8 Å². The molecule has 2 saturated carbocycles. The number of hydrogen-bond donors (Lipinski definition) is 1. The van der Waals surface area contributed by atoms with E-state index in [0.29, 0.717) is 19.4 Å². The molecule has 32 heavy (non-hydrogen) atoms. The van der Waals surface area contributed by atoms with Crippen molar-refractivity contribution in [1.82, 2.24) is 4.90 Å². The van der Waals surface area contributed by atoms with Gasteiger partial charge < -0.3 is 19.3 Å². The Morgan fingerprint density at radius 3 is 2.53 bits per heavy atom. The summed E-state index contributed by atoms with van der Waals surface area (Å²) in [6.07, 6.45) is 7.49. The molecular formula is C26H33NO5. The highest BCUT2D eigenvalue weighted by molar-refractivity contribution is 5.75. The molecule has 2 saturated heterocycles. The topological polar surface area (TPSA) is 68.2 Å². The van der Waals surface area contributed by atoms with Gasteiger partial charge in [-0.1, -0.05) is 48.4 Å². The van der Waals surface area contributed by atoms with Crippen LogP contribution in [0.3, 0.4) is 0 Å². The molecule has 0 aromatic heterocycles. The number of carbonyl (C=O) groups excluding carboxylic acids is 1. The maximum Gasteiger partial charge on any atom is 0.415 e. The Morgan fingerprint density at radius 1 is 1.12 bits per heavy atom. The van der Waals surface area contributed by atoms with E-state index in [0.717, 1.165) is 48.1 Å². The minimum Gasteiger partial charge on any atom is -0.436 e. The lowest BCUT2D eigenvalue weighted by Crippen LogP contribution is -2.52. The van der Waals surface area contributed by atoms with Crippen LogP contribution in [0.25, 0.3) is 0 Å². The highest BCUT2D eigenvalue weighted by atomic mass is 16.8. The molecule has 0 bridgehead atoms. The Bertz CT molecular complexity index is 929. The predicted molar refractivity (Wildman–Crippen MR) is 120 cm³/mol. The van der Waals surface area contributed by atoms with Crippen molar-refractivity contribution in [3.8, 4) is 0 Å². The number of ether oxygens (including phenoxy) is 3. The normalized spacial score (nSPS) is 34.8. The van der Waals surface area contributed by atoms with E-state index in [1.165, 1.54) is 6.42 Å². The zero-order valence-electron chi connectivity index (χ0n) is 19.0. The summed E-state index contributed by atoms with van der Waals surface area (Å²) in [5, 5.41) is 11.1. The van der Waals surface area contributed by atoms with E-state index in [1.54, 1.807) is 11.0 Å². The van der Waals surface area contributed by atoms with E-state index >= 15 is 0 Å². The number of aliphatic hydroxyl groups is 1. The second-order valence-corrected chi connectivity index (χ2v) is 9.92. The Hall–Kier alpha value is -2.15. The summed E-state index contributed by atoms with van der Waals surface area (Å²) in [5.41, 5.74) is 3.15. The average Bonchev–Trinajstić information content (AvgIpc) is 3.18. The first-order valence-corrected chi connectivity index (χ1v) is 11.8. The van der Waals surface area contributed by atoms with Gasteiger partial charge in [-0.3, -0.25) is 4.90 Å². The molecule has 1 aromatic carbocycles. The number of amides is 1. The largest absolute Gasteiger partial charge is 0.436 e. The Labute approximate surface area is 189 Å². The van der Waals surface area contributed by atoms with Gasteiger partial charge in [-0.25, -0.2) is 4.79 Å². The molecule has 2 aliphatic carbocycles. The van der Waals surface area contributed by atoms with E-state index in [9.17, 15) is 9.90 Å². The van der Waals surface area contributed by atoms with Crippen LogP contribution >= 0.6 is 0 Å². The zero-order valence-corrected chi connectivity index (χ0v) is 19.0. The van der Waals surface area contributed by atoms with Crippen molar-refractivity contribution < 1.29 is 24.1 Å². The third kappa shape index (κ3) is 3.68. The van der Waals surface area contributed by atoms with Gasteiger partial charge in [0.1, 0.15) is 6.10 Å². The van der Waals surface area contributed by atoms with Crippen molar-refractivity contribution in [2.75, 3.05) is 0 Å². The fourth-order valence-electron chi connectivity index (χ4n) is 6.12. The minimum absolute atomic E-state index is 0.294. The van der Waals surface area contributed by atoms with E-state index in [2.05, 4.69) is 38.6 Å². The van der Waals surface area contributed by atoms with Gasteiger partial charge in [0.2, 0.25) is 0 Å². The summed E-state index contributed by atoms with van der Waals surface area (Å²) in [7, 11) is 0. The summed E-state index contributed by atoms with van der Waals surface area (Å²) in [6, 6.07) is 6.29. The summed E-state index contributed by atoms with van der Waals surface area (Å²) < 4.78 is 18.8. The van der Waals surface area contributed by atoms with Crippen molar-refractivity contribution in [2.24, 2.45) is 0 Å². The molecule has 2 heterocycles. The van der Waals surface area contributed by atoms with Gasteiger partial charge >= 0.3 is 6.09 Å². The number of fused-ring (bicyclic) bond motifs is 1. The van der Waals surface area contributed by atoms with E-state index in [-0.39, 0.29) is 12.2 Å². The number of nitrogens with zero attached hydrogens (tertiary/aromatic N) is 1. The van der Waals surface area contributed by atoms with Gasteiger partial charge in [0.25, 0.3) is 0 Å². The highest BCUT2D eigenvalue weighted by Crippen LogP contribution is 2.51. The molecule has 1 N–H and O–H groups in total. The lowest BCUT2D eigenvalue weighted by atomic mass is 9.77. The quantitative estimate of drug-likeness (QED) is 0.742. The van der Waals surface area contributed by atoms with Gasteiger partial charge in [-0.2, -0.15) is 0 Å². The summed E-state index contributed by atoms with van der Waals surface area (Å²) >= 11 is 0. The monoisotopic (exact) mass is 439 g/mol. The van der Waals surface area contributed by atoms with Gasteiger partial charge in [-0.05, 0) is 38.3 Å². The van der Waals surface area contributed by atoms with E-state index in [4.69, 9.17) is 14.2 Å². The Kier molecular flexibility index (Phi) is 5.43. The number of hydrogen-bond acceptors (Lipinski definition) is 5. The predicted octanol–water partition coefficient (Wildman–Crippen LogP) is 4.66. The third-order valence-corrected chi connectivity index (χ3v) is 7.31. The minimum atomic E-state index is -0.936. The molecule has 2 spiro atoms. The van der Waals surface area contributed by atoms with Crippen molar-refractivity contribution >= 4 is 6.09 Å². The molecule has 0 radical (unpaired) electrons. The van der Waals surface area contributed by atoms with Crippen molar-refractivity contribution in [3.05, 3.63) is 59.3 Å². The van der Waals surface area contributed by atoms with Crippen LogP contribution < -0.4 is 0 Å². The fourth-order valence-corrected chi connectivity index (χ4v) is 6.12. The van der Waals surface area contributed by atoms with Crippen LogP contribution in [-0.4, -0.2) is 45.8 Å². The summed E-state index contributed by atoms with van der Waals surface area (Å²) in [5.74, 6) is -0.593. The van der Waals surface area contributed by atoms with Gasteiger partial charge in [-0.15, -0.1) is 0 Å². The van der Waals surface area contributed by atoms with Gasteiger partial charge in [0.05, 0.1) is 24.4 Å². The van der Waals surface area contributed by atoms with Gasteiger partial charge in [0.15, 0.2) is 11.4 Å². The first-order valence-electron chi connectivity index (χ1n) is 11.8. The number of aryl methyl sites for hydroxylation is 2. The van der Waals surface area contributed by atoms with Crippen molar-refractivity contribution in [1.29, 1.82) is 0 Å². The maximum absolute atomic E-state index is 13.1. The molecule has 6 nitrogen and oxygen atoms in total. The molecule has 4 aliphatic rings. The molecule has 2 aliphatic heterocycles. The molecule has 172 valence electrons. The molecule has 1 unspecified atom stereocenters. The number of benzene rings is 1. The van der Waals surface area contributed by atoms with Crippen LogP contribution in [0.4, 0.5) is 4.79 Å². The molecule has 4 atom stereocenters. The first-order chi connectivity index (χ1) is 15.3. The van der Waals surface area contributed by atoms with Crippen LogP contribution in [0.5, 0.6) is 0 Å². The fraction of sp³-hybridized carbons (Fsp3) is 0.577. The average molecular weight is 440 g/mol. The Morgan fingerprint density at radius 2 is 1.84 bits per heavy atom. The molecule has 1 amide bonds. The first kappa shape index (κ1) is 21.7. The Balaban J connectivity index is 1.43.